The number of rotatable bonds is 1. The van der Waals surface area contributed by atoms with Gasteiger partial charge in [0.2, 0.25) is 0 Å². The molecule has 1 nitrogen and oxygen atoms in total. The first-order chi connectivity index (χ1) is 6.83. The number of benzene rings is 1. The lowest BCUT2D eigenvalue weighted by Gasteiger charge is -2.16. The van der Waals surface area contributed by atoms with Gasteiger partial charge in [0.15, 0.2) is 0 Å². The maximum atomic E-state index is 3.62. The van der Waals surface area contributed by atoms with E-state index in [0.717, 1.165) is 0 Å². The van der Waals surface area contributed by atoms with Gasteiger partial charge in [-0.05, 0) is 53.2 Å². The maximum Gasteiger partial charge on any atom is 0.0329 e. The normalized spacial score (nSPS) is 21.4. The Morgan fingerprint density at radius 2 is 2.36 bits per heavy atom. The zero-order valence-electron chi connectivity index (χ0n) is 8.22. The van der Waals surface area contributed by atoms with Crippen LogP contribution in [0.3, 0.4) is 0 Å². The number of hydrogen-bond donors (Lipinski definition) is 1. The molecular weight excluding hydrogens is 258 g/mol. The molecule has 0 amide bonds. The molecule has 0 aliphatic carbocycles. The summed E-state index contributed by atoms with van der Waals surface area (Å²) in [5, 5.41) is 3.39. The van der Waals surface area contributed by atoms with Crippen molar-refractivity contribution >= 4 is 27.7 Å². The van der Waals surface area contributed by atoms with E-state index in [2.05, 4.69) is 39.4 Å². The molecule has 0 aromatic heterocycles. The fourth-order valence-corrected chi connectivity index (χ4v) is 3.69. The fourth-order valence-electron chi connectivity index (χ4n) is 1.87. The van der Waals surface area contributed by atoms with E-state index in [0.29, 0.717) is 6.04 Å². The Morgan fingerprint density at radius 1 is 1.50 bits per heavy atom. The van der Waals surface area contributed by atoms with Crippen LogP contribution in [0.15, 0.2) is 27.6 Å². The van der Waals surface area contributed by atoms with Gasteiger partial charge in [-0.25, -0.2) is 0 Å². The first kappa shape index (κ1) is 10.5. The van der Waals surface area contributed by atoms with Crippen molar-refractivity contribution in [3.8, 4) is 0 Å². The van der Waals surface area contributed by atoms with Crippen molar-refractivity contribution in [1.82, 2.24) is 5.32 Å². The van der Waals surface area contributed by atoms with Gasteiger partial charge in [-0.3, -0.25) is 0 Å². The largest absolute Gasteiger partial charge is 0.313 e. The van der Waals surface area contributed by atoms with Gasteiger partial charge in [0.1, 0.15) is 0 Å². The average molecular weight is 272 g/mol. The third kappa shape index (κ3) is 2.00. The summed E-state index contributed by atoms with van der Waals surface area (Å²) in [6.45, 7) is 0. The second kappa shape index (κ2) is 4.69. The predicted octanol–water partition coefficient (Wildman–Crippen LogP) is 3.60. The molecule has 14 heavy (non-hydrogen) atoms. The first-order valence-corrected chi connectivity index (χ1v) is 6.69. The molecule has 0 fully saturated rings. The highest BCUT2D eigenvalue weighted by atomic mass is 79.9. The second-order valence-electron chi connectivity index (χ2n) is 3.49. The zero-order chi connectivity index (χ0) is 9.97. The molecule has 1 N–H and O–H groups in total. The monoisotopic (exact) mass is 271 g/mol. The molecule has 0 spiro atoms. The number of thioether (sulfide) groups is 1. The van der Waals surface area contributed by atoms with E-state index in [1.807, 2.05) is 18.8 Å². The van der Waals surface area contributed by atoms with E-state index < -0.39 is 0 Å². The van der Waals surface area contributed by atoms with Crippen LogP contribution >= 0.6 is 27.7 Å². The summed E-state index contributed by atoms with van der Waals surface area (Å²) in [6.07, 6.45) is 2.53. The lowest BCUT2D eigenvalue weighted by atomic mass is 10.0. The van der Waals surface area contributed by atoms with E-state index in [1.165, 1.54) is 33.5 Å². The molecule has 1 atom stereocenters. The molecule has 1 heterocycles. The summed E-state index contributed by atoms with van der Waals surface area (Å²) in [7, 11) is 2.05. The van der Waals surface area contributed by atoms with Gasteiger partial charge in [-0.15, -0.1) is 11.8 Å². The molecule has 76 valence electrons. The van der Waals surface area contributed by atoms with Crippen LogP contribution in [0.5, 0.6) is 0 Å². The van der Waals surface area contributed by atoms with Gasteiger partial charge in [-0.1, -0.05) is 12.1 Å². The van der Waals surface area contributed by atoms with E-state index >= 15 is 0 Å². The Kier molecular flexibility index (Phi) is 3.52. The first-order valence-electron chi connectivity index (χ1n) is 4.91. The van der Waals surface area contributed by atoms with Crippen LogP contribution in [0, 0.1) is 0 Å². The van der Waals surface area contributed by atoms with Gasteiger partial charge < -0.3 is 5.32 Å². The highest BCUT2D eigenvalue weighted by Crippen LogP contribution is 2.38. The minimum absolute atomic E-state index is 0.525. The van der Waals surface area contributed by atoms with Crippen LogP contribution < -0.4 is 5.32 Å². The average Bonchev–Trinajstić information content (AvgIpc) is 2.40. The molecule has 0 bridgehead atoms. The summed E-state index contributed by atoms with van der Waals surface area (Å²) in [5.41, 5.74) is 1.45. The third-order valence-corrected chi connectivity index (χ3v) is 4.77. The van der Waals surface area contributed by atoms with Crippen LogP contribution in [0.2, 0.25) is 0 Å². The molecule has 3 heteroatoms. The van der Waals surface area contributed by atoms with Crippen LogP contribution in [-0.2, 0) is 0 Å². The van der Waals surface area contributed by atoms with Crippen LogP contribution in [-0.4, -0.2) is 12.8 Å². The van der Waals surface area contributed by atoms with Crippen molar-refractivity contribution in [3.63, 3.8) is 0 Å². The minimum atomic E-state index is 0.525. The Bertz CT molecular complexity index is 327. The van der Waals surface area contributed by atoms with Gasteiger partial charge in [-0.2, -0.15) is 0 Å². The standard InChI is InChI=1S/C11H14BrNS/c1-13-10-6-3-7-14-11-8(10)4-2-5-9(11)12/h2,4-5,10,13H,3,6-7H2,1H3. The summed E-state index contributed by atoms with van der Waals surface area (Å²) in [6, 6.07) is 7.01. The smallest absolute Gasteiger partial charge is 0.0329 e. The third-order valence-electron chi connectivity index (χ3n) is 2.60. The quantitative estimate of drug-likeness (QED) is 0.838. The Morgan fingerprint density at radius 3 is 3.14 bits per heavy atom. The van der Waals surface area contributed by atoms with Gasteiger partial charge in [0.25, 0.3) is 0 Å². The highest BCUT2D eigenvalue weighted by Gasteiger charge is 2.18. The topological polar surface area (TPSA) is 12.0 Å². The van der Waals surface area contributed by atoms with E-state index in [1.54, 1.807) is 0 Å². The molecule has 0 saturated carbocycles. The molecule has 1 aromatic rings. The van der Waals surface area contributed by atoms with Gasteiger partial charge in [0, 0.05) is 15.4 Å². The van der Waals surface area contributed by atoms with E-state index in [9.17, 15) is 0 Å². The highest BCUT2D eigenvalue weighted by molar-refractivity contribution is 9.10. The van der Waals surface area contributed by atoms with Crippen LogP contribution in [0.1, 0.15) is 24.4 Å². The second-order valence-corrected chi connectivity index (χ2v) is 5.45. The molecule has 0 radical (unpaired) electrons. The van der Waals surface area contributed by atoms with Crippen molar-refractivity contribution in [1.29, 1.82) is 0 Å². The number of fused-ring (bicyclic) bond motifs is 1. The molecular formula is C11H14BrNS. The molecule has 2 rings (SSSR count). The van der Waals surface area contributed by atoms with Crippen molar-refractivity contribution < 1.29 is 0 Å². The predicted molar refractivity (Wildman–Crippen MR) is 65.9 cm³/mol. The Balaban J connectivity index is 2.44. The number of halogens is 1. The van der Waals surface area contributed by atoms with E-state index in [-0.39, 0.29) is 0 Å². The van der Waals surface area contributed by atoms with Gasteiger partial charge >= 0.3 is 0 Å². The van der Waals surface area contributed by atoms with Gasteiger partial charge in [0.05, 0.1) is 0 Å². The zero-order valence-corrected chi connectivity index (χ0v) is 10.6. The lowest BCUT2D eigenvalue weighted by molar-refractivity contribution is 0.541. The van der Waals surface area contributed by atoms with Crippen LogP contribution in [0.25, 0.3) is 0 Å². The van der Waals surface area contributed by atoms with Crippen LogP contribution in [0.4, 0.5) is 0 Å². The maximum absolute atomic E-state index is 3.62. The van der Waals surface area contributed by atoms with Crippen molar-refractivity contribution in [2.75, 3.05) is 12.8 Å². The SMILES string of the molecule is CNC1CCCSc2c(Br)cccc21. The summed E-state index contributed by atoms with van der Waals surface area (Å²) < 4.78 is 1.24. The lowest BCUT2D eigenvalue weighted by Crippen LogP contribution is -2.16. The molecule has 0 saturated heterocycles. The van der Waals surface area contributed by atoms with E-state index in [4.69, 9.17) is 0 Å². The molecule has 1 aromatic carbocycles. The van der Waals surface area contributed by atoms with Crippen molar-refractivity contribution in [2.45, 2.75) is 23.8 Å². The van der Waals surface area contributed by atoms with Crippen molar-refractivity contribution in [3.05, 3.63) is 28.2 Å². The summed E-state index contributed by atoms with van der Waals surface area (Å²) in [4.78, 5) is 1.42. The number of hydrogen-bond acceptors (Lipinski definition) is 2. The Labute approximate surface area is 97.8 Å². The fraction of sp³-hybridized carbons (Fsp3) is 0.455. The Hall–Kier alpha value is 0.0100. The molecule has 1 aliphatic rings. The molecule has 1 unspecified atom stereocenters. The molecule has 1 aliphatic heterocycles. The van der Waals surface area contributed by atoms with Crippen molar-refractivity contribution in [2.24, 2.45) is 0 Å². The number of nitrogens with one attached hydrogen (secondary N) is 1. The summed E-state index contributed by atoms with van der Waals surface area (Å²) in [5.74, 6) is 1.23. The summed E-state index contributed by atoms with van der Waals surface area (Å²) >= 11 is 5.59. The minimum Gasteiger partial charge on any atom is -0.313 e.